The normalized spacial score (nSPS) is 46.4. The number of carbonyl (C=O) groups excluding carboxylic acids is 1. The van der Waals surface area contributed by atoms with Gasteiger partial charge in [0.25, 0.3) is 0 Å². The molecule has 2 saturated heterocycles. The zero-order valence-electron chi connectivity index (χ0n) is 14.4. The summed E-state index contributed by atoms with van der Waals surface area (Å²) in [7, 11) is 0. The minimum absolute atomic E-state index is 0.0417. The molecule has 1 aliphatic carbocycles. The SMILES string of the molecule is CC1=C[C@H](C)[C@H](CN2C[C@@]34C=C[C@@H](O3)[C@H](C(=O)O)[C@@H]4C2=O)[C@@H](C)C1. The van der Waals surface area contributed by atoms with Gasteiger partial charge in [-0.15, -0.1) is 0 Å². The molecule has 130 valence electrons. The summed E-state index contributed by atoms with van der Waals surface area (Å²) in [6.07, 6.45) is 6.69. The van der Waals surface area contributed by atoms with Crippen LogP contribution in [0.2, 0.25) is 0 Å². The van der Waals surface area contributed by atoms with Crippen LogP contribution in [0.4, 0.5) is 0 Å². The molecule has 3 aliphatic heterocycles. The van der Waals surface area contributed by atoms with Crippen LogP contribution in [0.15, 0.2) is 23.8 Å². The van der Waals surface area contributed by atoms with Crippen LogP contribution < -0.4 is 0 Å². The monoisotopic (exact) mass is 331 g/mol. The number of carbonyl (C=O) groups is 2. The van der Waals surface area contributed by atoms with Gasteiger partial charge in [0.15, 0.2) is 0 Å². The Morgan fingerprint density at radius 1 is 1.46 bits per heavy atom. The lowest BCUT2D eigenvalue weighted by Gasteiger charge is -2.36. The van der Waals surface area contributed by atoms with E-state index in [1.54, 1.807) is 0 Å². The molecule has 4 aliphatic rings. The lowest BCUT2D eigenvalue weighted by Crippen LogP contribution is -2.41. The van der Waals surface area contributed by atoms with Gasteiger partial charge in [0.2, 0.25) is 5.91 Å². The molecule has 0 aromatic heterocycles. The number of ether oxygens (including phenoxy) is 1. The summed E-state index contributed by atoms with van der Waals surface area (Å²) in [4.78, 5) is 26.5. The first-order chi connectivity index (χ1) is 11.3. The predicted molar refractivity (Wildman–Crippen MR) is 88.1 cm³/mol. The number of hydrogen-bond donors (Lipinski definition) is 1. The van der Waals surface area contributed by atoms with E-state index < -0.39 is 29.5 Å². The Morgan fingerprint density at radius 2 is 2.21 bits per heavy atom. The van der Waals surface area contributed by atoms with Crippen molar-refractivity contribution in [2.75, 3.05) is 13.1 Å². The number of carboxylic acids is 1. The molecule has 3 heterocycles. The molecule has 1 N–H and O–H groups in total. The van der Waals surface area contributed by atoms with Crippen LogP contribution in [0, 0.1) is 29.6 Å². The van der Waals surface area contributed by atoms with Crippen molar-refractivity contribution in [2.24, 2.45) is 29.6 Å². The fraction of sp³-hybridized carbons (Fsp3) is 0.684. The first-order valence-electron chi connectivity index (χ1n) is 8.88. The number of carboxylic acid groups (broad SMARTS) is 1. The van der Waals surface area contributed by atoms with Crippen molar-refractivity contribution in [1.29, 1.82) is 0 Å². The molecular weight excluding hydrogens is 306 g/mol. The van der Waals surface area contributed by atoms with E-state index in [1.807, 2.05) is 17.1 Å². The molecule has 0 aromatic rings. The number of nitrogens with zero attached hydrogens (tertiary/aromatic N) is 1. The summed E-state index contributed by atoms with van der Waals surface area (Å²) >= 11 is 0. The van der Waals surface area contributed by atoms with Crippen molar-refractivity contribution >= 4 is 11.9 Å². The number of fused-ring (bicyclic) bond motifs is 1. The van der Waals surface area contributed by atoms with Crippen molar-refractivity contribution in [3.05, 3.63) is 23.8 Å². The summed E-state index contributed by atoms with van der Waals surface area (Å²) in [5.41, 5.74) is 0.711. The summed E-state index contributed by atoms with van der Waals surface area (Å²) in [5.74, 6) is -0.893. The Balaban J connectivity index is 1.56. The molecule has 7 atom stereocenters. The van der Waals surface area contributed by atoms with E-state index in [4.69, 9.17) is 4.74 Å². The van der Waals surface area contributed by atoms with Crippen LogP contribution >= 0.6 is 0 Å². The minimum Gasteiger partial charge on any atom is -0.481 e. The highest BCUT2D eigenvalue weighted by Gasteiger charge is 2.67. The lowest BCUT2D eigenvalue weighted by molar-refractivity contribution is -0.148. The van der Waals surface area contributed by atoms with E-state index >= 15 is 0 Å². The summed E-state index contributed by atoms with van der Waals surface area (Å²) in [5, 5.41) is 9.53. The Hall–Kier alpha value is -1.62. The zero-order valence-corrected chi connectivity index (χ0v) is 14.4. The van der Waals surface area contributed by atoms with Crippen molar-refractivity contribution < 1.29 is 19.4 Å². The van der Waals surface area contributed by atoms with Crippen LogP contribution in [0.25, 0.3) is 0 Å². The maximum Gasteiger partial charge on any atom is 0.310 e. The van der Waals surface area contributed by atoms with E-state index in [9.17, 15) is 14.7 Å². The molecule has 1 amide bonds. The number of hydrogen-bond acceptors (Lipinski definition) is 3. The average Bonchev–Trinajstić information content (AvgIpc) is 3.11. The molecule has 0 saturated carbocycles. The first-order valence-corrected chi connectivity index (χ1v) is 8.88. The zero-order chi connectivity index (χ0) is 17.2. The van der Waals surface area contributed by atoms with Crippen molar-refractivity contribution in [3.8, 4) is 0 Å². The smallest absolute Gasteiger partial charge is 0.310 e. The summed E-state index contributed by atoms with van der Waals surface area (Å²) < 4.78 is 5.95. The topological polar surface area (TPSA) is 66.8 Å². The van der Waals surface area contributed by atoms with Crippen LogP contribution in [0.1, 0.15) is 27.2 Å². The standard InChI is InChI=1S/C19H25NO4/c1-10-6-11(2)13(12(3)7-10)8-20-9-19-5-4-14(24-19)15(18(22)23)16(19)17(20)21/h4-6,11-16H,7-9H2,1-3H3,(H,22,23)/t11-,12-,13-,14+,15-,16+,19+/m0/s1. The summed E-state index contributed by atoms with van der Waals surface area (Å²) in [6.45, 7) is 7.82. The van der Waals surface area contributed by atoms with E-state index in [0.717, 1.165) is 6.42 Å². The second kappa shape index (κ2) is 5.19. The second-order valence-electron chi connectivity index (χ2n) is 8.17. The van der Waals surface area contributed by atoms with Gasteiger partial charge in [0.05, 0.1) is 18.6 Å². The molecule has 1 spiro atoms. The minimum atomic E-state index is -0.926. The van der Waals surface area contributed by atoms with Gasteiger partial charge in [-0.05, 0) is 31.1 Å². The molecule has 5 heteroatoms. The molecule has 4 rings (SSSR count). The molecule has 0 radical (unpaired) electrons. The van der Waals surface area contributed by atoms with E-state index in [-0.39, 0.29) is 5.91 Å². The maximum atomic E-state index is 13.0. The van der Waals surface area contributed by atoms with Crippen LogP contribution in [-0.2, 0) is 14.3 Å². The molecule has 5 nitrogen and oxygen atoms in total. The van der Waals surface area contributed by atoms with Gasteiger partial charge < -0.3 is 14.7 Å². The highest BCUT2D eigenvalue weighted by atomic mass is 16.5. The van der Waals surface area contributed by atoms with Gasteiger partial charge in [0, 0.05) is 6.54 Å². The number of amides is 1. The lowest BCUT2D eigenvalue weighted by atomic mass is 9.75. The van der Waals surface area contributed by atoms with E-state index in [2.05, 4.69) is 26.8 Å². The molecular formula is C19H25NO4. The highest BCUT2D eigenvalue weighted by Crippen LogP contribution is 2.52. The van der Waals surface area contributed by atoms with Gasteiger partial charge in [-0.2, -0.15) is 0 Å². The molecule has 0 aromatic carbocycles. The number of allylic oxidation sites excluding steroid dienone is 2. The Morgan fingerprint density at radius 3 is 2.88 bits per heavy atom. The fourth-order valence-corrected chi connectivity index (χ4v) is 5.43. The van der Waals surface area contributed by atoms with Crippen molar-refractivity contribution in [2.45, 2.75) is 38.9 Å². The quantitative estimate of drug-likeness (QED) is 0.804. The number of aliphatic carboxylic acids is 1. The third-order valence-electron chi connectivity index (χ3n) is 6.49. The van der Waals surface area contributed by atoms with Gasteiger partial charge >= 0.3 is 5.97 Å². The van der Waals surface area contributed by atoms with Crippen LogP contribution in [0.5, 0.6) is 0 Å². The van der Waals surface area contributed by atoms with Gasteiger partial charge in [0.1, 0.15) is 11.5 Å². The third kappa shape index (κ3) is 2.10. The Labute approximate surface area is 142 Å². The molecule has 0 unspecified atom stereocenters. The Bertz CT molecular complexity index is 654. The van der Waals surface area contributed by atoms with Gasteiger partial charge in [-0.1, -0.05) is 37.6 Å². The number of likely N-dealkylation sites (tertiary alicyclic amines) is 1. The van der Waals surface area contributed by atoms with Crippen LogP contribution in [-0.4, -0.2) is 46.7 Å². The maximum absolute atomic E-state index is 13.0. The number of rotatable bonds is 3. The van der Waals surface area contributed by atoms with Crippen LogP contribution in [0.3, 0.4) is 0 Å². The largest absolute Gasteiger partial charge is 0.481 e. The fourth-order valence-electron chi connectivity index (χ4n) is 5.43. The average molecular weight is 331 g/mol. The van der Waals surface area contributed by atoms with E-state index in [1.165, 1.54) is 5.57 Å². The van der Waals surface area contributed by atoms with E-state index in [0.29, 0.717) is 30.8 Å². The third-order valence-corrected chi connectivity index (χ3v) is 6.49. The van der Waals surface area contributed by atoms with Crippen molar-refractivity contribution in [3.63, 3.8) is 0 Å². The molecule has 24 heavy (non-hydrogen) atoms. The molecule has 2 bridgehead atoms. The highest BCUT2D eigenvalue weighted by molar-refractivity contribution is 5.90. The first kappa shape index (κ1) is 15.9. The van der Waals surface area contributed by atoms with Gasteiger partial charge in [-0.25, -0.2) is 0 Å². The summed E-state index contributed by atoms with van der Waals surface area (Å²) in [6, 6.07) is 0. The second-order valence-corrected chi connectivity index (χ2v) is 8.17. The molecule has 2 fully saturated rings. The Kier molecular flexibility index (Phi) is 3.43. The predicted octanol–water partition coefficient (Wildman–Crippen LogP) is 2.09. The van der Waals surface area contributed by atoms with Crippen molar-refractivity contribution in [1.82, 2.24) is 4.90 Å². The van der Waals surface area contributed by atoms with Gasteiger partial charge in [-0.3, -0.25) is 9.59 Å².